The minimum Gasteiger partial charge on any atom is -0.481 e. The molecular formula is C28H26F3NO4S2. The number of alkyl halides is 3. The van der Waals surface area contributed by atoms with E-state index in [-0.39, 0.29) is 18.7 Å². The number of rotatable bonds is 9. The molecule has 2 aromatic carbocycles. The van der Waals surface area contributed by atoms with E-state index in [1.807, 2.05) is 49.3 Å². The Hall–Kier alpha value is -3.08. The lowest BCUT2D eigenvalue weighted by Crippen LogP contribution is -2.15. The van der Waals surface area contributed by atoms with Crippen LogP contribution in [-0.4, -0.2) is 19.6 Å². The van der Waals surface area contributed by atoms with E-state index in [9.17, 15) is 22.2 Å². The SMILES string of the molecule is Cc1cc(C)c(SN(Cc2ccc(C3=CS(=O)C(CC(=O)O)=C3)cc2)Cc2ccc(C(F)(F)F)o2)c(C)c1. The van der Waals surface area contributed by atoms with Gasteiger partial charge in [-0.05, 0) is 78.8 Å². The van der Waals surface area contributed by atoms with Crippen molar-refractivity contribution in [3.8, 4) is 0 Å². The molecule has 4 rings (SSSR count). The second-order valence-electron chi connectivity index (χ2n) is 9.13. The van der Waals surface area contributed by atoms with Crippen LogP contribution in [0.15, 0.2) is 74.2 Å². The number of nitrogens with zero attached hydrogens (tertiary/aromatic N) is 1. The highest BCUT2D eigenvalue weighted by Gasteiger charge is 2.35. The lowest BCUT2D eigenvalue weighted by atomic mass is 10.0. The number of allylic oxidation sites excluding steroid dienone is 2. The first-order chi connectivity index (χ1) is 17.9. The summed E-state index contributed by atoms with van der Waals surface area (Å²) in [7, 11) is -1.47. The number of halogens is 3. The topological polar surface area (TPSA) is 70.8 Å². The highest BCUT2D eigenvalue weighted by Crippen LogP contribution is 2.35. The number of hydrogen-bond donors (Lipinski definition) is 1. The summed E-state index contributed by atoms with van der Waals surface area (Å²) in [5.74, 6) is -1.86. The molecule has 0 aliphatic carbocycles. The Balaban J connectivity index is 1.56. The molecule has 0 spiro atoms. The molecule has 10 heteroatoms. The van der Waals surface area contributed by atoms with Crippen LogP contribution in [0.5, 0.6) is 0 Å². The molecular weight excluding hydrogens is 535 g/mol. The zero-order valence-corrected chi connectivity index (χ0v) is 22.6. The van der Waals surface area contributed by atoms with Crippen molar-refractivity contribution in [1.82, 2.24) is 4.31 Å². The van der Waals surface area contributed by atoms with Crippen molar-refractivity contribution in [2.24, 2.45) is 0 Å². The zero-order chi connectivity index (χ0) is 27.6. The van der Waals surface area contributed by atoms with Gasteiger partial charge in [0.15, 0.2) is 0 Å². The average Bonchev–Trinajstić information content (AvgIpc) is 3.43. The van der Waals surface area contributed by atoms with Crippen LogP contribution in [0.25, 0.3) is 5.57 Å². The fourth-order valence-corrected chi connectivity index (χ4v) is 6.40. The van der Waals surface area contributed by atoms with E-state index < -0.39 is 28.7 Å². The number of benzene rings is 2. The van der Waals surface area contributed by atoms with Gasteiger partial charge in [0.05, 0.1) is 23.8 Å². The number of carbonyl (C=O) groups is 1. The van der Waals surface area contributed by atoms with Gasteiger partial charge in [0.1, 0.15) is 5.76 Å². The van der Waals surface area contributed by atoms with Crippen LogP contribution in [-0.2, 0) is 34.9 Å². The summed E-state index contributed by atoms with van der Waals surface area (Å²) in [5, 5.41) is 10.5. The standard InChI is InChI=1S/C28H26F3NO4S2/c1-17-10-18(2)27(19(3)11-17)37-32(15-23-8-9-25(36-23)28(29,30)31)14-20-4-6-21(7-5-20)22-12-24(13-26(33)34)38(35)16-22/h4-12,16H,13-15H2,1-3H3,(H,33,34). The molecule has 2 heterocycles. The molecule has 1 N–H and O–H groups in total. The van der Waals surface area contributed by atoms with Gasteiger partial charge in [-0.15, -0.1) is 0 Å². The van der Waals surface area contributed by atoms with Gasteiger partial charge in [-0.2, -0.15) is 13.2 Å². The van der Waals surface area contributed by atoms with Gasteiger partial charge in [0.2, 0.25) is 5.76 Å². The third kappa shape index (κ3) is 6.86. The maximum Gasteiger partial charge on any atom is 0.449 e. The van der Waals surface area contributed by atoms with Crippen molar-refractivity contribution in [1.29, 1.82) is 0 Å². The Labute approximate surface area is 225 Å². The van der Waals surface area contributed by atoms with Crippen molar-refractivity contribution in [3.05, 3.63) is 104 Å². The van der Waals surface area contributed by atoms with Gasteiger partial charge in [0.25, 0.3) is 0 Å². The van der Waals surface area contributed by atoms with E-state index in [0.29, 0.717) is 17.0 Å². The summed E-state index contributed by atoms with van der Waals surface area (Å²) in [4.78, 5) is 12.4. The second kappa shape index (κ2) is 11.3. The van der Waals surface area contributed by atoms with Crippen molar-refractivity contribution in [3.63, 3.8) is 0 Å². The van der Waals surface area contributed by atoms with E-state index in [2.05, 4.69) is 12.1 Å². The van der Waals surface area contributed by atoms with E-state index in [4.69, 9.17) is 9.52 Å². The minimum absolute atomic E-state index is 0.153. The number of carboxylic acids is 1. The van der Waals surface area contributed by atoms with Gasteiger partial charge in [0, 0.05) is 21.8 Å². The van der Waals surface area contributed by atoms with Crippen LogP contribution in [0, 0.1) is 20.8 Å². The van der Waals surface area contributed by atoms with Crippen LogP contribution in [0.4, 0.5) is 13.2 Å². The Morgan fingerprint density at radius 2 is 1.68 bits per heavy atom. The summed E-state index contributed by atoms with van der Waals surface area (Å²) in [6.45, 7) is 6.61. The molecule has 1 atom stereocenters. The van der Waals surface area contributed by atoms with E-state index in [1.54, 1.807) is 6.08 Å². The second-order valence-corrected chi connectivity index (χ2v) is 11.6. The highest BCUT2D eigenvalue weighted by molar-refractivity contribution is 7.97. The van der Waals surface area contributed by atoms with Gasteiger partial charge in [-0.3, -0.25) is 4.79 Å². The van der Waals surface area contributed by atoms with Crippen LogP contribution in [0.3, 0.4) is 0 Å². The predicted molar refractivity (Wildman–Crippen MR) is 142 cm³/mol. The number of carboxylic acid groups (broad SMARTS) is 1. The Kier molecular flexibility index (Phi) is 8.34. The van der Waals surface area contributed by atoms with Crippen molar-refractivity contribution >= 4 is 34.3 Å². The molecule has 0 saturated heterocycles. The quantitative estimate of drug-likeness (QED) is 0.275. The molecule has 3 aromatic rings. The molecule has 5 nitrogen and oxygen atoms in total. The van der Waals surface area contributed by atoms with Crippen LogP contribution in [0.2, 0.25) is 0 Å². The largest absolute Gasteiger partial charge is 0.481 e. The number of aryl methyl sites for hydroxylation is 3. The van der Waals surface area contributed by atoms with Crippen molar-refractivity contribution < 1.29 is 31.7 Å². The van der Waals surface area contributed by atoms with Gasteiger partial charge < -0.3 is 9.52 Å². The van der Waals surface area contributed by atoms with E-state index in [1.165, 1.54) is 23.4 Å². The first-order valence-electron chi connectivity index (χ1n) is 11.7. The maximum atomic E-state index is 13.1. The fourth-order valence-electron chi connectivity index (χ4n) is 4.23. The lowest BCUT2D eigenvalue weighted by molar-refractivity contribution is -0.153. The molecule has 200 valence electrons. The van der Waals surface area contributed by atoms with Gasteiger partial charge in [-0.25, -0.2) is 8.51 Å². The van der Waals surface area contributed by atoms with Gasteiger partial charge in [-0.1, -0.05) is 42.0 Å². The summed E-state index contributed by atoms with van der Waals surface area (Å²) >= 11 is 1.47. The summed E-state index contributed by atoms with van der Waals surface area (Å²) in [6, 6.07) is 14.0. The molecule has 1 aliphatic rings. The molecule has 1 aliphatic heterocycles. The Morgan fingerprint density at radius 3 is 2.26 bits per heavy atom. The van der Waals surface area contributed by atoms with Crippen LogP contribution in [0.1, 0.15) is 45.8 Å². The zero-order valence-electron chi connectivity index (χ0n) is 21.0. The van der Waals surface area contributed by atoms with E-state index in [0.717, 1.165) is 38.8 Å². The molecule has 0 amide bonds. The number of aliphatic carboxylic acids is 1. The molecule has 1 unspecified atom stereocenters. The first kappa shape index (κ1) is 27.9. The summed E-state index contributed by atoms with van der Waals surface area (Å²) in [6.07, 6.45) is -3.19. The Bertz CT molecular complexity index is 1420. The monoisotopic (exact) mass is 561 g/mol. The summed E-state index contributed by atoms with van der Waals surface area (Å²) in [5.41, 5.74) is 5.70. The highest BCUT2D eigenvalue weighted by atomic mass is 32.2. The lowest BCUT2D eigenvalue weighted by Gasteiger charge is -2.23. The van der Waals surface area contributed by atoms with Gasteiger partial charge >= 0.3 is 12.1 Å². The van der Waals surface area contributed by atoms with E-state index >= 15 is 0 Å². The van der Waals surface area contributed by atoms with Crippen molar-refractivity contribution in [2.45, 2.75) is 51.4 Å². The maximum absolute atomic E-state index is 13.1. The summed E-state index contributed by atoms with van der Waals surface area (Å²) < 4.78 is 58.5. The molecule has 0 saturated carbocycles. The predicted octanol–water partition coefficient (Wildman–Crippen LogP) is 7.39. The molecule has 1 aromatic heterocycles. The van der Waals surface area contributed by atoms with Crippen LogP contribution < -0.4 is 0 Å². The number of hydrogen-bond acceptors (Lipinski definition) is 5. The fraction of sp³-hybridized carbons (Fsp3) is 0.250. The number of furan rings is 1. The third-order valence-electron chi connectivity index (χ3n) is 5.88. The Morgan fingerprint density at radius 1 is 1.03 bits per heavy atom. The molecule has 0 radical (unpaired) electrons. The molecule has 0 bridgehead atoms. The first-order valence-corrected chi connectivity index (χ1v) is 13.7. The molecule has 38 heavy (non-hydrogen) atoms. The van der Waals surface area contributed by atoms with Crippen molar-refractivity contribution in [2.75, 3.05) is 0 Å². The van der Waals surface area contributed by atoms with Crippen LogP contribution >= 0.6 is 11.9 Å². The smallest absolute Gasteiger partial charge is 0.449 e. The average molecular weight is 562 g/mol. The normalized spacial score (nSPS) is 15.6. The minimum atomic E-state index is -4.55. The molecule has 0 fully saturated rings. The third-order valence-corrected chi connectivity index (χ3v) is 8.47.